The van der Waals surface area contributed by atoms with Gasteiger partial charge in [-0.2, -0.15) is 0 Å². The fraction of sp³-hybridized carbons (Fsp3) is 0.333. The lowest BCUT2D eigenvalue weighted by atomic mass is 10.1. The molecule has 0 unspecified atom stereocenters. The van der Waals surface area contributed by atoms with Crippen molar-refractivity contribution in [1.29, 1.82) is 0 Å². The number of rotatable bonds is 6. The van der Waals surface area contributed by atoms with Gasteiger partial charge in [-0.15, -0.1) is 0 Å². The molecule has 1 fully saturated rings. The Morgan fingerprint density at radius 1 is 1.14 bits per heavy atom. The van der Waals surface area contributed by atoms with Crippen LogP contribution in [0.15, 0.2) is 42.5 Å². The molecule has 3 rings (SSSR count). The number of nitrogens with zero attached hydrogens (tertiary/aromatic N) is 2. The number of aryl methyl sites for hydroxylation is 1. The zero-order valence-corrected chi connectivity index (χ0v) is 16.1. The summed E-state index contributed by atoms with van der Waals surface area (Å²) in [5.41, 5.74) is 1.94. The second kappa shape index (κ2) is 8.75. The van der Waals surface area contributed by atoms with E-state index in [4.69, 9.17) is 0 Å². The van der Waals surface area contributed by atoms with Crippen LogP contribution >= 0.6 is 0 Å². The maximum absolute atomic E-state index is 12.6. The van der Waals surface area contributed by atoms with Gasteiger partial charge in [-0.1, -0.05) is 18.2 Å². The topological polar surface area (TPSA) is 91.4 Å². The first-order chi connectivity index (χ1) is 13.4. The van der Waals surface area contributed by atoms with Crippen molar-refractivity contribution < 1.29 is 14.4 Å². The van der Waals surface area contributed by atoms with Crippen molar-refractivity contribution >= 4 is 29.1 Å². The van der Waals surface area contributed by atoms with Crippen molar-refractivity contribution in [3.8, 4) is 0 Å². The molecule has 0 radical (unpaired) electrons. The van der Waals surface area contributed by atoms with Gasteiger partial charge in [0, 0.05) is 16.9 Å². The van der Waals surface area contributed by atoms with Crippen LogP contribution in [0.25, 0.3) is 0 Å². The summed E-state index contributed by atoms with van der Waals surface area (Å²) >= 11 is 0. The van der Waals surface area contributed by atoms with E-state index in [0.29, 0.717) is 30.0 Å². The zero-order valence-electron chi connectivity index (χ0n) is 16.1. The van der Waals surface area contributed by atoms with E-state index in [0.717, 1.165) is 12.1 Å². The fourth-order valence-corrected chi connectivity index (χ4v) is 3.34. The molecule has 7 nitrogen and oxygen atoms in total. The van der Waals surface area contributed by atoms with Gasteiger partial charge in [0.2, 0.25) is 11.8 Å². The van der Waals surface area contributed by atoms with E-state index in [1.807, 2.05) is 24.0 Å². The van der Waals surface area contributed by atoms with Crippen molar-refractivity contribution in [2.75, 3.05) is 23.7 Å². The quantitative estimate of drug-likeness (QED) is 0.752. The summed E-state index contributed by atoms with van der Waals surface area (Å²) < 4.78 is 0. The molecule has 0 saturated carbocycles. The van der Waals surface area contributed by atoms with Crippen LogP contribution < -0.4 is 10.6 Å². The average molecular weight is 380 g/mol. The lowest BCUT2D eigenvalue weighted by molar-refractivity contribution is -0.122. The summed E-state index contributed by atoms with van der Waals surface area (Å²) in [7, 11) is 0. The van der Waals surface area contributed by atoms with E-state index in [1.165, 1.54) is 6.92 Å². The first kappa shape index (κ1) is 19.7. The van der Waals surface area contributed by atoms with Crippen LogP contribution in [0.1, 0.15) is 35.8 Å². The number of Topliss-reactive ketones (excluding diaryl/α,β-unsaturated/α-hetero) is 1. The summed E-state index contributed by atoms with van der Waals surface area (Å²) in [6, 6.07) is 11.9. The van der Waals surface area contributed by atoms with Crippen LogP contribution in [0, 0.1) is 6.92 Å². The fourth-order valence-electron chi connectivity index (χ4n) is 3.34. The SMILES string of the molecule is CC(=O)c1cccc(NC(=O)CN2CCC[C@H]2C(=O)Nc2cccc(C)n2)c1. The monoisotopic (exact) mass is 380 g/mol. The minimum absolute atomic E-state index is 0.0582. The van der Waals surface area contributed by atoms with Gasteiger partial charge >= 0.3 is 0 Å². The number of amides is 2. The molecule has 0 aliphatic carbocycles. The van der Waals surface area contributed by atoms with Gasteiger partial charge in [-0.25, -0.2) is 4.98 Å². The first-order valence-electron chi connectivity index (χ1n) is 9.32. The van der Waals surface area contributed by atoms with E-state index in [-0.39, 0.29) is 30.2 Å². The second-order valence-corrected chi connectivity index (χ2v) is 6.97. The zero-order chi connectivity index (χ0) is 20.1. The molecule has 1 aliphatic heterocycles. The van der Waals surface area contributed by atoms with Gasteiger partial charge in [0.1, 0.15) is 5.82 Å². The Kier molecular flexibility index (Phi) is 6.16. The number of likely N-dealkylation sites (tertiary alicyclic amines) is 1. The smallest absolute Gasteiger partial charge is 0.242 e. The molecule has 146 valence electrons. The van der Waals surface area contributed by atoms with E-state index >= 15 is 0 Å². The number of carbonyl (C=O) groups is 3. The van der Waals surface area contributed by atoms with Crippen LogP contribution in [-0.2, 0) is 9.59 Å². The molecule has 0 bridgehead atoms. The lowest BCUT2D eigenvalue weighted by Crippen LogP contribution is -2.43. The maximum atomic E-state index is 12.6. The number of hydrogen-bond donors (Lipinski definition) is 2. The molecule has 1 saturated heterocycles. The highest BCUT2D eigenvalue weighted by atomic mass is 16.2. The second-order valence-electron chi connectivity index (χ2n) is 6.97. The predicted molar refractivity (Wildman–Crippen MR) is 107 cm³/mol. The number of benzene rings is 1. The summed E-state index contributed by atoms with van der Waals surface area (Å²) in [6.07, 6.45) is 1.55. The van der Waals surface area contributed by atoms with E-state index in [9.17, 15) is 14.4 Å². The molecule has 2 heterocycles. The van der Waals surface area contributed by atoms with Crippen LogP contribution in [0.2, 0.25) is 0 Å². The number of hydrogen-bond acceptors (Lipinski definition) is 5. The molecule has 1 aliphatic rings. The molecule has 0 spiro atoms. The normalized spacial score (nSPS) is 16.6. The van der Waals surface area contributed by atoms with Gasteiger partial charge in [-0.05, 0) is 57.5 Å². The Morgan fingerprint density at radius 3 is 2.68 bits per heavy atom. The van der Waals surface area contributed by atoms with Gasteiger partial charge in [-0.3, -0.25) is 19.3 Å². The summed E-state index contributed by atoms with van der Waals surface area (Å²) in [4.78, 5) is 42.7. The van der Waals surface area contributed by atoms with Crippen molar-refractivity contribution in [2.45, 2.75) is 32.7 Å². The van der Waals surface area contributed by atoms with Gasteiger partial charge in [0.05, 0.1) is 12.6 Å². The average Bonchev–Trinajstić information content (AvgIpc) is 3.10. The Bertz CT molecular complexity index is 897. The third-order valence-electron chi connectivity index (χ3n) is 4.71. The minimum Gasteiger partial charge on any atom is -0.325 e. The summed E-state index contributed by atoms with van der Waals surface area (Å²) in [5.74, 6) is 0.0931. The molecular weight excluding hydrogens is 356 g/mol. The molecule has 2 N–H and O–H groups in total. The number of nitrogens with one attached hydrogen (secondary N) is 2. The third-order valence-corrected chi connectivity index (χ3v) is 4.71. The maximum Gasteiger partial charge on any atom is 0.242 e. The molecule has 1 aromatic carbocycles. The highest BCUT2D eigenvalue weighted by Gasteiger charge is 2.32. The van der Waals surface area contributed by atoms with Crippen molar-refractivity contribution in [3.05, 3.63) is 53.7 Å². The molecule has 28 heavy (non-hydrogen) atoms. The van der Waals surface area contributed by atoms with Gasteiger partial charge in [0.25, 0.3) is 0 Å². The van der Waals surface area contributed by atoms with Crippen LogP contribution in [0.4, 0.5) is 11.5 Å². The molecule has 1 aromatic heterocycles. The molecule has 7 heteroatoms. The number of anilines is 2. The molecular formula is C21H24N4O3. The van der Waals surface area contributed by atoms with E-state index < -0.39 is 0 Å². The first-order valence-corrected chi connectivity index (χ1v) is 9.32. The Balaban J connectivity index is 1.59. The Morgan fingerprint density at radius 2 is 1.93 bits per heavy atom. The minimum atomic E-state index is -0.364. The van der Waals surface area contributed by atoms with Crippen LogP contribution in [-0.4, -0.2) is 46.6 Å². The number of pyridine rings is 1. The molecule has 2 amide bonds. The van der Waals surface area contributed by atoms with Gasteiger partial charge < -0.3 is 10.6 Å². The third kappa shape index (κ3) is 5.01. The van der Waals surface area contributed by atoms with E-state index in [2.05, 4.69) is 15.6 Å². The predicted octanol–water partition coefficient (Wildman–Crippen LogP) is 2.63. The Labute approximate surface area is 164 Å². The summed E-state index contributed by atoms with van der Waals surface area (Å²) in [5, 5.41) is 5.64. The standard InChI is InChI=1S/C21H24N4O3/c1-14-6-3-10-19(22-14)24-21(28)18-9-5-11-25(18)13-20(27)23-17-8-4-7-16(12-17)15(2)26/h3-4,6-8,10,12,18H,5,9,11,13H2,1-2H3,(H,23,27)(H,22,24,28)/t18-/m0/s1. The van der Waals surface area contributed by atoms with Crippen LogP contribution in [0.5, 0.6) is 0 Å². The number of carbonyl (C=O) groups excluding carboxylic acids is 3. The molecule has 2 aromatic rings. The van der Waals surface area contributed by atoms with Gasteiger partial charge in [0.15, 0.2) is 5.78 Å². The molecule has 1 atom stereocenters. The summed E-state index contributed by atoms with van der Waals surface area (Å²) in [6.45, 7) is 4.14. The highest BCUT2D eigenvalue weighted by Crippen LogP contribution is 2.19. The van der Waals surface area contributed by atoms with E-state index in [1.54, 1.807) is 30.3 Å². The number of aromatic nitrogens is 1. The highest BCUT2D eigenvalue weighted by molar-refractivity contribution is 5.98. The van der Waals surface area contributed by atoms with Crippen molar-refractivity contribution in [1.82, 2.24) is 9.88 Å². The largest absolute Gasteiger partial charge is 0.325 e. The van der Waals surface area contributed by atoms with Crippen molar-refractivity contribution in [3.63, 3.8) is 0 Å². The Hall–Kier alpha value is -3.06. The lowest BCUT2D eigenvalue weighted by Gasteiger charge is -2.23. The van der Waals surface area contributed by atoms with Crippen molar-refractivity contribution in [2.24, 2.45) is 0 Å². The number of ketones is 1. The van der Waals surface area contributed by atoms with Crippen LogP contribution in [0.3, 0.4) is 0 Å².